The first-order valence-corrected chi connectivity index (χ1v) is 7.68. The first-order chi connectivity index (χ1) is 6.76. The van der Waals surface area contributed by atoms with E-state index in [4.69, 9.17) is 0 Å². The normalized spacial score (nSPS) is 11.1. The van der Waals surface area contributed by atoms with Gasteiger partial charge in [-0.15, -0.1) is 23.1 Å². The van der Waals surface area contributed by atoms with Gasteiger partial charge in [-0.25, -0.2) is 0 Å². The molecule has 0 aliphatic heterocycles. The maximum atomic E-state index is 2.42. The van der Waals surface area contributed by atoms with Gasteiger partial charge in [0.2, 0.25) is 0 Å². The van der Waals surface area contributed by atoms with Crippen molar-refractivity contribution < 1.29 is 0 Å². The number of halogens is 1. The molecule has 2 aromatic rings. The molecule has 0 atom stereocenters. The molecule has 14 heavy (non-hydrogen) atoms. The standard InChI is InChI=1S/C11H11IS2/c1-3-7-4-9(13-2)11-8(12)6-14-10(11)5-7/h4-6H,3H2,1-2H3. The summed E-state index contributed by atoms with van der Waals surface area (Å²) in [5.74, 6) is 0. The van der Waals surface area contributed by atoms with Crippen molar-refractivity contribution in [3.63, 3.8) is 0 Å². The molecular weight excluding hydrogens is 323 g/mol. The number of hydrogen-bond donors (Lipinski definition) is 0. The van der Waals surface area contributed by atoms with Crippen molar-refractivity contribution in [2.75, 3.05) is 6.26 Å². The van der Waals surface area contributed by atoms with Gasteiger partial charge in [0.15, 0.2) is 0 Å². The smallest absolute Gasteiger partial charge is 0.0367 e. The second-order valence-corrected chi connectivity index (χ2v) is 6.03. The van der Waals surface area contributed by atoms with Gasteiger partial charge in [-0.05, 0) is 53.0 Å². The minimum absolute atomic E-state index is 1.12. The Morgan fingerprint density at radius 2 is 2.21 bits per heavy atom. The SMILES string of the molecule is CCc1cc(SC)c2c(I)csc2c1. The van der Waals surface area contributed by atoms with E-state index in [-0.39, 0.29) is 0 Å². The molecule has 74 valence electrons. The summed E-state index contributed by atoms with van der Waals surface area (Å²) in [5.41, 5.74) is 1.44. The van der Waals surface area contributed by atoms with Gasteiger partial charge in [0.25, 0.3) is 0 Å². The Morgan fingerprint density at radius 3 is 2.86 bits per heavy atom. The Labute approximate surface area is 106 Å². The highest BCUT2D eigenvalue weighted by Crippen LogP contribution is 2.35. The van der Waals surface area contributed by atoms with E-state index in [1.165, 1.54) is 24.1 Å². The second-order valence-electron chi connectivity index (χ2n) is 3.11. The molecule has 0 spiro atoms. The fourth-order valence-electron chi connectivity index (χ4n) is 1.51. The maximum absolute atomic E-state index is 2.42. The van der Waals surface area contributed by atoms with Crippen molar-refractivity contribution in [3.05, 3.63) is 26.6 Å². The highest BCUT2D eigenvalue weighted by molar-refractivity contribution is 14.1. The monoisotopic (exact) mass is 334 g/mol. The highest BCUT2D eigenvalue weighted by atomic mass is 127. The van der Waals surface area contributed by atoms with E-state index in [1.807, 2.05) is 23.1 Å². The molecule has 3 heteroatoms. The number of aryl methyl sites for hydroxylation is 1. The topological polar surface area (TPSA) is 0 Å². The van der Waals surface area contributed by atoms with Crippen molar-refractivity contribution in [1.82, 2.24) is 0 Å². The maximum Gasteiger partial charge on any atom is 0.0367 e. The van der Waals surface area contributed by atoms with Gasteiger partial charge in [-0.1, -0.05) is 6.92 Å². The molecule has 0 aliphatic rings. The first kappa shape index (κ1) is 10.8. The number of thioether (sulfide) groups is 1. The third kappa shape index (κ3) is 1.82. The summed E-state index contributed by atoms with van der Waals surface area (Å²) < 4.78 is 2.81. The van der Waals surface area contributed by atoms with Crippen molar-refractivity contribution in [1.29, 1.82) is 0 Å². The second kappa shape index (κ2) is 4.41. The summed E-state index contributed by atoms with van der Waals surface area (Å²) in [4.78, 5) is 1.42. The average Bonchev–Trinajstić information content (AvgIpc) is 2.59. The lowest BCUT2D eigenvalue weighted by Gasteiger charge is -2.03. The Balaban J connectivity index is 2.76. The largest absolute Gasteiger partial charge is 0.143 e. The Kier molecular flexibility index (Phi) is 3.39. The number of thiophene rings is 1. The summed E-state index contributed by atoms with van der Waals surface area (Å²) >= 11 is 6.12. The molecule has 0 fully saturated rings. The summed E-state index contributed by atoms with van der Waals surface area (Å²) in [6.45, 7) is 2.21. The molecule has 0 radical (unpaired) electrons. The predicted molar refractivity (Wildman–Crippen MR) is 75.7 cm³/mol. The third-order valence-electron chi connectivity index (χ3n) is 2.28. The molecule has 0 unspecified atom stereocenters. The van der Waals surface area contributed by atoms with Crippen LogP contribution in [-0.4, -0.2) is 6.26 Å². The van der Waals surface area contributed by atoms with Crippen molar-refractivity contribution >= 4 is 55.8 Å². The van der Waals surface area contributed by atoms with Crippen LogP contribution in [0.4, 0.5) is 0 Å². The van der Waals surface area contributed by atoms with Crippen LogP contribution in [0, 0.1) is 3.57 Å². The number of benzene rings is 1. The molecule has 1 aromatic carbocycles. The molecule has 0 saturated carbocycles. The summed E-state index contributed by atoms with van der Waals surface area (Å²) in [6, 6.07) is 4.64. The molecular formula is C11H11IS2. The lowest BCUT2D eigenvalue weighted by atomic mass is 10.1. The Morgan fingerprint density at radius 1 is 1.43 bits per heavy atom. The molecule has 0 amide bonds. The summed E-state index contributed by atoms with van der Waals surface area (Å²) in [5, 5.41) is 3.69. The van der Waals surface area contributed by atoms with E-state index in [1.54, 1.807) is 0 Å². The molecule has 0 saturated heterocycles. The van der Waals surface area contributed by atoms with Gasteiger partial charge in [0, 0.05) is 23.9 Å². The predicted octanol–water partition coefficient (Wildman–Crippen LogP) is 4.79. The fourth-order valence-corrected chi connectivity index (χ4v) is 4.50. The number of fused-ring (bicyclic) bond motifs is 1. The fraction of sp³-hybridized carbons (Fsp3) is 0.273. The molecule has 1 heterocycles. The van der Waals surface area contributed by atoms with Gasteiger partial charge in [-0.2, -0.15) is 0 Å². The van der Waals surface area contributed by atoms with Crippen molar-refractivity contribution in [2.45, 2.75) is 18.2 Å². The molecule has 0 N–H and O–H groups in total. The first-order valence-electron chi connectivity index (χ1n) is 4.50. The van der Waals surface area contributed by atoms with E-state index >= 15 is 0 Å². The van der Waals surface area contributed by atoms with E-state index in [0.717, 1.165) is 6.42 Å². The molecule has 1 aromatic heterocycles. The highest BCUT2D eigenvalue weighted by Gasteiger charge is 2.07. The quantitative estimate of drug-likeness (QED) is 0.562. The van der Waals surface area contributed by atoms with Crippen molar-refractivity contribution in [3.8, 4) is 0 Å². The molecule has 0 nitrogen and oxygen atoms in total. The van der Waals surface area contributed by atoms with E-state index in [9.17, 15) is 0 Å². The Hall–Kier alpha value is 0.260. The van der Waals surface area contributed by atoms with Crippen LogP contribution in [-0.2, 0) is 6.42 Å². The lowest BCUT2D eigenvalue weighted by Crippen LogP contribution is -1.82. The van der Waals surface area contributed by atoms with Crippen LogP contribution < -0.4 is 0 Å². The van der Waals surface area contributed by atoms with Crippen LogP contribution in [0.2, 0.25) is 0 Å². The zero-order valence-corrected chi connectivity index (χ0v) is 11.9. The summed E-state index contributed by atoms with van der Waals surface area (Å²) in [7, 11) is 0. The van der Waals surface area contributed by atoms with Gasteiger partial charge in [-0.3, -0.25) is 0 Å². The van der Waals surface area contributed by atoms with Crippen molar-refractivity contribution in [2.24, 2.45) is 0 Å². The van der Waals surface area contributed by atoms with Gasteiger partial charge >= 0.3 is 0 Å². The van der Waals surface area contributed by atoms with Crippen LogP contribution in [0.3, 0.4) is 0 Å². The van der Waals surface area contributed by atoms with Crippen LogP contribution in [0.1, 0.15) is 12.5 Å². The van der Waals surface area contributed by atoms with Crippen LogP contribution >= 0.6 is 45.7 Å². The van der Waals surface area contributed by atoms with Crippen LogP contribution in [0.5, 0.6) is 0 Å². The molecule has 0 bridgehead atoms. The van der Waals surface area contributed by atoms with E-state index in [0.29, 0.717) is 0 Å². The zero-order valence-electron chi connectivity index (χ0n) is 8.13. The number of hydrogen-bond acceptors (Lipinski definition) is 2. The molecule has 2 rings (SSSR count). The zero-order chi connectivity index (χ0) is 10.1. The minimum atomic E-state index is 1.12. The van der Waals surface area contributed by atoms with Gasteiger partial charge in [0.1, 0.15) is 0 Å². The van der Waals surface area contributed by atoms with Crippen LogP contribution in [0.15, 0.2) is 22.4 Å². The third-order valence-corrected chi connectivity index (χ3v) is 5.25. The Bertz CT molecular complexity index is 460. The van der Waals surface area contributed by atoms with Gasteiger partial charge < -0.3 is 0 Å². The van der Waals surface area contributed by atoms with E-state index in [2.05, 4.69) is 53.3 Å². The lowest BCUT2D eigenvalue weighted by molar-refractivity contribution is 1.13. The van der Waals surface area contributed by atoms with E-state index < -0.39 is 0 Å². The average molecular weight is 334 g/mol. The minimum Gasteiger partial charge on any atom is -0.143 e. The summed E-state index contributed by atoms with van der Waals surface area (Å²) in [6.07, 6.45) is 3.28. The number of rotatable bonds is 2. The van der Waals surface area contributed by atoms with Gasteiger partial charge in [0.05, 0.1) is 0 Å². The van der Waals surface area contributed by atoms with Crippen LogP contribution in [0.25, 0.3) is 10.1 Å². The molecule has 0 aliphatic carbocycles.